The number of fused-ring (bicyclic) bond motifs is 2. The molecule has 0 spiro atoms. The predicted octanol–water partition coefficient (Wildman–Crippen LogP) is 6.47. The fourth-order valence-electron chi connectivity index (χ4n) is 4.09. The molecule has 1 aliphatic rings. The number of nitrogens with zero attached hydrogens (tertiary/aromatic N) is 1. The van der Waals surface area contributed by atoms with Gasteiger partial charge in [0.15, 0.2) is 5.43 Å². The summed E-state index contributed by atoms with van der Waals surface area (Å²) in [5.74, 6) is 0.386. The van der Waals surface area contributed by atoms with E-state index in [1.807, 2.05) is 55.5 Å². The van der Waals surface area contributed by atoms with E-state index in [2.05, 4.69) is 31.9 Å². The van der Waals surface area contributed by atoms with Crippen LogP contribution in [0.1, 0.15) is 34.6 Å². The van der Waals surface area contributed by atoms with Crippen LogP contribution in [0.4, 0.5) is 5.69 Å². The standard InChI is InChI=1S/C25H17Br2NO4/c1-2-31-18-8-3-5-14(11-18)22-21-23(29)19-13-16(27)9-10-20(19)32-24(21)25(30)28(22)17-7-4-6-15(26)12-17/h3-13,22H,2H2,1H3. The predicted molar refractivity (Wildman–Crippen MR) is 131 cm³/mol. The van der Waals surface area contributed by atoms with E-state index in [0.717, 1.165) is 14.5 Å². The van der Waals surface area contributed by atoms with E-state index in [1.54, 1.807) is 23.1 Å². The second-order valence-corrected chi connectivity index (χ2v) is 9.21. The van der Waals surface area contributed by atoms with Gasteiger partial charge in [-0.15, -0.1) is 0 Å². The monoisotopic (exact) mass is 553 g/mol. The van der Waals surface area contributed by atoms with Gasteiger partial charge >= 0.3 is 0 Å². The van der Waals surface area contributed by atoms with Crippen molar-refractivity contribution in [3.8, 4) is 5.75 Å². The van der Waals surface area contributed by atoms with Crippen molar-refractivity contribution in [1.82, 2.24) is 0 Å². The van der Waals surface area contributed by atoms with Crippen molar-refractivity contribution in [2.24, 2.45) is 0 Å². The molecule has 1 amide bonds. The molecule has 0 radical (unpaired) electrons. The van der Waals surface area contributed by atoms with Crippen molar-refractivity contribution >= 4 is 54.4 Å². The van der Waals surface area contributed by atoms with Crippen molar-refractivity contribution in [2.45, 2.75) is 13.0 Å². The highest BCUT2D eigenvalue weighted by Gasteiger charge is 2.43. The number of amides is 1. The zero-order valence-corrected chi connectivity index (χ0v) is 20.1. The highest BCUT2D eigenvalue weighted by Crippen LogP contribution is 2.42. The summed E-state index contributed by atoms with van der Waals surface area (Å²) in [4.78, 5) is 28.9. The maximum Gasteiger partial charge on any atom is 0.295 e. The van der Waals surface area contributed by atoms with Crippen LogP contribution < -0.4 is 15.1 Å². The summed E-state index contributed by atoms with van der Waals surface area (Å²) in [5.41, 5.74) is 1.91. The Balaban J connectivity index is 1.80. The largest absolute Gasteiger partial charge is 0.494 e. The third-order valence-corrected chi connectivity index (χ3v) is 6.39. The van der Waals surface area contributed by atoms with Crippen LogP contribution in [0.3, 0.4) is 0 Å². The minimum absolute atomic E-state index is 0.0663. The van der Waals surface area contributed by atoms with Crippen LogP contribution in [0.25, 0.3) is 11.0 Å². The van der Waals surface area contributed by atoms with Crippen molar-refractivity contribution in [2.75, 3.05) is 11.5 Å². The zero-order valence-electron chi connectivity index (χ0n) is 17.0. The van der Waals surface area contributed by atoms with Gasteiger partial charge in [0.05, 0.1) is 23.6 Å². The Bertz CT molecular complexity index is 1430. The number of hydrogen-bond donors (Lipinski definition) is 0. The van der Waals surface area contributed by atoms with Crippen LogP contribution in [-0.2, 0) is 0 Å². The molecule has 0 saturated carbocycles. The number of ether oxygens (including phenoxy) is 1. The minimum Gasteiger partial charge on any atom is -0.494 e. The number of halogens is 2. The number of benzene rings is 3. The second-order valence-electron chi connectivity index (χ2n) is 7.38. The molecule has 1 aromatic heterocycles. The Morgan fingerprint density at radius 2 is 1.75 bits per heavy atom. The summed E-state index contributed by atoms with van der Waals surface area (Å²) in [5, 5.41) is 0.424. The van der Waals surface area contributed by atoms with Crippen LogP contribution in [-0.4, -0.2) is 12.5 Å². The Labute approximate surface area is 200 Å². The third-order valence-electron chi connectivity index (χ3n) is 5.40. The number of rotatable bonds is 4. The molecule has 5 nitrogen and oxygen atoms in total. The first kappa shape index (κ1) is 21.0. The van der Waals surface area contributed by atoms with Gasteiger partial charge in [-0.05, 0) is 61.0 Å². The molecule has 160 valence electrons. The quantitative estimate of drug-likeness (QED) is 0.290. The molecule has 0 fully saturated rings. The maximum atomic E-state index is 13.7. The Kier molecular flexibility index (Phi) is 5.39. The average molecular weight is 555 g/mol. The highest BCUT2D eigenvalue weighted by atomic mass is 79.9. The van der Waals surface area contributed by atoms with E-state index in [9.17, 15) is 9.59 Å². The van der Waals surface area contributed by atoms with Gasteiger partial charge in [0.25, 0.3) is 5.91 Å². The lowest BCUT2D eigenvalue weighted by Gasteiger charge is -2.25. The normalized spacial score (nSPS) is 15.3. The lowest BCUT2D eigenvalue weighted by atomic mass is 9.98. The lowest BCUT2D eigenvalue weighted by Crippen LogP contribution is -2.29. The van der Waals surface area contributed by atoms with Gasteiger partial charge in [-0.2, -0.15) is 0 Å². The summed E-state index contributed by atoms with van der Waals surface area (Å²) in [6, 6.07) is 19.5. The fourth-order valence-corrected chi connectivity index (χ4v) is 4.84. The van der Waals surface area contributed by atoms with Crippen LogP contribution in [0, 0.1) is 0 Å². The first-order valence-electron chi connectivity index (χ1n) is 10.1. The van der Waals surface area contributed by atoms with E-state index < -0.39 is 6.04 Å². The molecule has 5 rings (SSSR count). The van der Waals surface area contributed by atoms with Crippen molar-refractivity contribution in [3.05, 3.63) is 103 Å². The van der Waals surface area contributed by atoms with Gasteiger partial charge in [-0.3, -0.25) is 14.5 Å². The molecular formula is C25H17Br2NO4. The molecular weight excluding hydrogens is 538 g/mol. The maximum absolute atomic E-state index is 13.7. The first-order valence-corrected chi connectivity index (χ1v) is 11.6. The first-order chi connectivity index (χ1) is 15.5. The van der Waals surface area contributed by atoms with Crippen molar-refractivity contribution in [1.29, 1.82) is 0 Å². The lowest BCUT2D eigenvalue weighted by molar-refractivity contribution is 0.0971. The summed E-state index contributed by atoms with van der Waals surface area (Å²) < 4.78 is 13.3. The molecule has 0 N–H and O–H groups in total. The van der Waals surface area contributed by atoms with E-state index in [0.29, 0.717) is 34.6 Å². The average Bonchev–Trinajstić information content (AvgIpc) is 3.07. The van der Waals surface area contributed by atoms with Gasteiger partial charge in [0, 0.05) is 14.6 Å². The van der Waals surface area contributed by atoms with E-state index in [-0.39, 0.29) is 17.1 Å². The molecule has 1 atom stereocenters. The molecule has 4 aromatic rings. The van der Waals surface area contributed by atoms with Crippen molar-refractivity contribution < 1.29 is 13.9 Å². The number of carbonyl (C=O) groups excluding carboxylic acids is 1. The van der Waals surface area contributed by atoms with Gasteiger partial charge in [-0.1, -0.05) is 50.1 Å². The summed E-state index contributed by atoms with van der Waals surface area (Å²) in [6.45, 7) is 2.42. The van der Waals surface area contributed by atoms with E-state index in [4.69, 9.17) is 9.15 Å². The molecule has 2 heterocycles. The number of carbonyl (C=O) groups is 1. The Morgan fingerprint density at radius 1 is 0.969 bits per heavy atom. The summed E-state index contributed by atoms with van der Waals surface area (Å²) in [6.07, 6.45) is 0. The molecule has 0 saturated heterocycles. The topological polar surface area (TPSA) is 59.8 Å². The van der Waals surface area contributed by atoms with Gasteiger partial charge < -0.3 is 9.15 Å². The molecule has 0 aliphatic carbocycles. The van der Waals surface area contributed by atoms with Gasteiger partial charge in [-0.25, -0.2) is 0 Å². The van der Waals surface area contributed by atoms with Gasteiger partial charge in [0.2, 0.25) is 5.76 Å². The molecule has 32 heavy (non-hydrogen) atoms. The van der Waals surface area contributed by atoms with E-state index >= 15 is 0 Å². The molecule has 3 aromatic carbocycles. The third kappa shape index (κ3) is 3.45. The van der Waals surface area contributed by atoms with Gasteiger partial charge in [0.1, 0.15) is 11.3 Å². The number of hydrogen-bond acceptors (Lipinski definition) is 4. The molecule has 7 heteroatoms. The molecule has 1 aliphatic heterocycles. The summed E-state index contributed by atoms with van der Waals surface area (Å²) in [7, 11) is 0. The fraction of sp³-hybridized carbons (Fsp3) is 0.120. The second kappa shape index (κ2) is 8.22. The summed E-state index contributed by atoms with van der Waals surface area (Å²) >= 11 is 6.91. The Morgan fingerprint density at radius 3 is 2.53 bits per heavy atom. The minimum atomic E-state index is -0.646. The smallest absolute Gasteiger partial charge is 0.295 e. The van der Waals surface area contributed by atoms with Crippen molar-refractivity contribution in [3.63, 3.8) is 0 Å². The molecule has 1 unspecified atom stereocenters. The zero-order chi connectivity index (χ0) is 22.4. The van der Waals surface area contributed by atoms with Crippen LogP contribution >= 0.6 is 31.9 Å². The molecule has 0 bridgehead atoms. The van der Waals surface area contributed by atoms with Crippen LogP contribution in [0.5, 0.6) is 5.75 Å². The van der Waals surface area contributed by atoms with E-state index in [1.165, 1.54) is 0 Å². The SMILES string of the molecule is CCOc1cccc(C2c3c(oc4ccc(Br)cc4c3=O)C(=O)N2c2cccc(Br)c2)c1. The Hall–Kier alpha value is -2.90. The van der Waals surface area contributed by atoms with Crippen LogP contribution in [0.15, 0.2) is 84.9 Å². The number of anilines is 1. The van der Waals surface area contributed by atoms with Crippen LogP contribution in [0.2, 0.25) is 0 Å². The highest BCUT2D eigenvalue weighted by molar-refractivity contribution is 9.10.